The molecule has 88 valence electrons. The van der Waals surface area contributed by atoms with Crippen LogP contribution in [0, 0.1) is 11.7 Å². The van der Waals surface area contributed by atoms with Gasteiger partial charge in [-0.15, -0.1) is 0 Å². The van der Waals surface area contributed by atoms with E-state index >= 15 is 0 Å². The summed E-state index contributed by atoms with van der Waals surface area (Å²) in [6, 6.07) is 4.64. The van der Waals surface area contributed by atoms with Gasteiger partial charge >= 0.3 is 0 Å². The number of aromatic hydroxyl groups is 1. The molecular formula is C13H18FNO. The van der Waals surface area contributed by atoms with Crippen molar-refractivity contribution in [2.24, 2.45) is 5.92 Å². The molecular weight excluding hydrogens is 205 g/mol. The predicted octanol–water partition coefficient (Wildman–Crippen LogP) is 2.81. The number of benzene rings is 1. The normalized spacial score (nSPS) is 16.1. The van der Waals surface area contributed by atoms with E-state index < -0.39 is 5.82 Å². The zero-order valence-corrected chi connectivity index (χ0v) is 9.38. The summed E-state index contributed by atoms with van der Waals surface area (Å²) in [7, 11) is 0. The average Bonchev–Trinajstić information content (AvgIpc) is 2.21. The lowest BCUT2D eigenvalue weighted by Gasteiger charge is -2.25. The number of halogens is 1. The van der Waals surface area contributed by atoms with Crippen molar-refractivity contribution in [1.29, 1.82) is 0 Å². The molecule has 0 amide bonds. The lowest BCUT2D eigenvalue weighted by Crippen LogP contribution is -2.21. The van der Waals surface area contributed by atoms with E-state index in [1.165, 1.54) is 31.7 Å². The van der Waals surface area contributed by atoms with Gasteiger partial charge in [0.1, 0.15) is 0 Å². The molecule has 0 aromatic heterocycles. The Kier molecular flexibility index (Phi) is 3.78. The summed E-state index contributed by atoms with van der Waals surface area (Å²) in [5, 5.41) is 12.7. The Morgan fingerprint density at radius 2 is 2.19 bits per heavy atom. The van der Waals surface area contributed by atoms with E-state index in [4.69, 9.17) is 0 Å². The summed E-state index contributed by atoms with van der Waals surface area (Å²) >= 11 is 0. The molecule has 2 N–H and O–H groups in total. The molecule has 1 aromatic carbocycles. The highest BCUT2D eigenvalue weighted by Gasteiger charge is 2.16. The third-order valence-electron chi connectivity index (χ3n) is 3.34. The summed E-state index contributed by atoms with van der Waals surface area (Å²) in [4.78, 5) is 0. The van der Waals surface area contributed by atoms with Gasteiger partial charge in [-0.25, -0.2) is 4.39 Å². The lowest BCUT2D eigenvalue weighted by molar-refractivity contribution is 0.291. The Balaban J connectivity index is 1.73. The lowest BCUT2D eigenvalue weighted by atomic mass is 9.83. The van der Waals surface area contributed by atoms with Crippen molar-refractivity contribution in [2.75, 3.05) is 6.54 Å². The van der Waals surface area contributed by atoms with E-state index in [1.807, 2.05) is 0 Å². The largest absolute Gasteiger partial charge is 0.505 e. The van der Waals surface area contributed by atoms with Crippen molar-refractivity contribution >= 4 is 0 Å². The third kappa shape index (κ3) is 2.73. The highest BCUT2D eigenvalue weighted by Crippen LogP contribution is 2.28. The minimum atomic E-state index is -0.543. The zero-order valence-electron chi connectivity index (χ0n) is 9.38. The summed E-state index contributed by atoms with van der Waals surface area (Å²) < 4.78 is 13.0. The first kappa shape index (κ1) is 11.4. The summed E-state index contributed by atoms with van der Waals surface area (Å²) in [5.74, 6) is 0.116. The van der Waals surface area contributed by atoms with Gasteiger partial charge in [-0.2, -0.15) is 0 Å². The molecule has 0 radical (unpaired) electrons. The number of hydrogen-bond acceptors (Lipinski definition) is 2. The molecule has 0 aliphatic heterocycles. The highest BCUT2D eigenvalue weighted by molar-refractivity contribution is 5.33. The Bertz CT molecular complexity index is 350. The molecule has 0 spiro atoms. The maximum Gasteiger partial charge on any atom is 0.165 e. The van der Waals surface area contributed by atoms with Gasteiger partial charge in [0.2, 0.25) is 0 Å². The summed E-state index contributed by atoms with van der Waals surface area (Å²) in [6.45, 7) is 1.48. The van der Waals surface area contributed by atoms with Crippen LogP contribution in [0.5, 0.6) is 5.75 Å². The van der Waals surface area contributed by atoms with Gasteiger partial charge in [-0.05, 0) is 24.9 Å². The minimum Gasteiger partial charge on any atom is -0.505 e. The van der Waals surface area contributed by atoms with Crippen LogP contribution >= 0.6 is 0 Å². The average molecular weight is 223 g/mol. The van der Waals surface area contributed by atoms with Crippen LogP contribution in [-0.2, 0) is 6.54 Å². The molecule has 2 nitrogen and oxygen atoms in total. The Labute approximate surface area is 95.5 Å². The van der Waals surface area contributed by atoms with Gasteiger partial charge in [0.15, 0.2) is 11.6 Å². The van der Waals surface area contributed by atoms with Crippen LogP contribution < -0.4 is 5.32 Å². The molecule has 1 aliphatic carbocycles. The second-order valence-corrected chi connectivity index (χ2v) is 4.51. The molecule has 2 rings (SSSR count). The number of phenols is 1. The highest BCUT2D eigenvalue weighted by atomic mass is 19.1. The van der Waals surface area contributed by atoms with E-state index in [0.717, 1.165) is 12.5 Å². The standard InChI is InChI=1S/C13H18FNO/c14-12-6-2-5-11(13(12)16)9-15-8-7-10-3-1-4-10/h2,5-6,10,15-16H,1,3-4,7-9H2. The van der Waals surface area contributed by atoms with Gasteiger partial charge in [0.05, 0.1) is 0 Å². The molecule has 1 fully saturated rings. The molecule has 0 unspecified atom stereocenters. The van der Waals surface area contributed by atoms with Crippen LogP contribution in [0.4, 0.5) is 4.39 Å². The SMILES string of the molecule is Oc1c(F)cccc1CNCCC1CCC1. The first-order chi connectivity index (χ1) is 7.77. The van der Waals surface area contributed by atoms with Crippen LogP contribution in [0.25, 0.3) is 0 Å². The van der Waals surface area contributed by atoms with Crippen LogP contribution in [0.15, 0.2) is 18.2 Å². The van der Waals surface area contributed by atoms with E-state index in [1.54, 1.807) is 12.1 Å². The van der Waals surface area contributed by atoms with Crippen LogP contribution in [0.1, 0.15) is 31.2 Å². The van der Waals surface area contributed by atoms with Crippen LogP contribution in [0.3, 0.4) is 0 Å². The Morgan fingerprint density at radius 3 is 2.88 bits per heavy atom. The van der Waals surface area contributed by atoms with E-state index in [2.05, 4.69) is 5.32 Å². The molecule has 0 heterocycles. The maximum absolute atomic E-state index is 13.0. The van der Waals surface area contributed by atoms with Gasteiger partial charge in [-0.3, -0.25) is 0 Å². The number of nitrogens with one attached hydrogen (secondary N) is 1. The smallest absolute Gasteiger partial charge is 0.165 e. The number of hydrogen-bond donors (Lipinski definition) is 2. The Hall–Kier alpha value is -1.09. The number of phenolic OH excluding ortho intramolecular Hbond substituents is 1. The topological polar surface area (TPSA) is 32.3 Å². The quantitative estimate of drug-likeness (QED) is 0.752. The van der Waals surface area contributed by atoms with E-state index in [0.29, 0.717) is 12.1 Å². The monoisotopic (exact) mass is 223 g/mol. The van der Waals surface area contributed by atoms with Crippen molar-refractivity contribution in [1.82, 2.24) is 5.32 Å². The summed E-state index contributed by atoms with van der Waals surface area (Å²) in [5.41, 5.74) is 0.633. The minimum absolute atomic E-state index is 0.223. The third-order valence-corrected chi connectivity index (χ3v) is 3.34. The maximum atomic E-state index is 13.0. The molecule has 16 heavy (non-hydrogen) atoms. The van der Waals surface area contributed by atoms with Crippen molar-refractivity contribution in [3.63, 3.8) is 0 Å². The zero-order chi connectivity index (χ0) is 11.4. The molecule has 0 saturated heterocycles. The fraction of sp³-hybridized carbons (Fsp3) is 0.538. The fourth-order valence-electron chi connectivity index (χ4n) is 2.01. The molecule has 1 aliphatic rings. The Morgan fingerprint density at radius 1 is 1.38 bits per heavy atom. The van der Waals surface area contributed by atoms with Gasteiger partial charge in [-0.1, -0.05) is 31.4 Å². The van der Waals surface area contributed by atoms with Crippen molar-refractivity contribution in [3.8, 4) is 5.75 Å². The molecule has 0 atom stereocenters. The fourth-order valence-corrected chi connectivity index (χ4v) is 2.01. The van der Waals surface area contributed by atoms with E-state index in [-0.39, 0.29) is 5.75 Å². The predicted molar refractivity (Wildman–Crippen MR) is 61.7 cm³/mol. The number of rotatable bonds is 5. The molecule has 1 aromatic rings. The summed E-state index contributed by atoms with van der Waals surface area (Å²) in [6.07, 6.45) is 5.27. The second-order valence-electron chi connectivity index (χ2n) is 4.51. The van der Waals surface area contributed by atoms with Crippen LogP contribution in [0.2, 0.25) is 0 Å². The molecule has 1 saturated carbocycles. The van der Waals surface area contributed by atoms with Crippen LogP contribution in [-0.4, -0.2) is 11.7 Å². The van der Waals surface area contributed by atoms with Crippen molar-refractivity contribution < 1.29 is 9.50 Å². The van der Waals surface area contributed by atoms with Crippen molar-refractivity contribution in [2.45, 2.75) is 32.2 Å². The first-order valence-corrected chi connectivity index (χ1v) is 5.94. The number of para-hydroxylation sites is 1. The van der Waals surface area contributed by atoms with Gasteiger partial charge in [0, 0.05) is 12.1 Å². The second kappa shape index (κ2) is 5.30. The van der Waals surface area contributed by atoms with Gasteiger partial charge < -0.3 is 10.4 Å². The van der Waals surface area contributed by atoms with Crippen molar-refractivity contribution in [3.05, 3.63) is 29.6 Å². The van der Waals surface area contributed by atoms with Gasteiger partial charge in [0.25, 0.3) is 0 Å². The first-order valence-electron chi connectivity index (χ1n) is 5.94. The molecule has 0 bridgehead atoms. The van der Waals surface area contributed by atoms with E-state index in [9.17, 15) is 9.50 Å². The molecule has 3 heteroatoms.